The Morgan fingerprint density at radius 2 is 2.05 bits per heavy atom. The van der Waals surface area contributed by atoms with Crippen molar-refractivity contribution in [3.05, 3.63) is 62.9 Å². The van der Waals surface area contributed by atoms with Crippen molar-refractivity contribution in [3.63, 3.8) is 0 Å². The van der Waals surface area contributed by atoms with Gasteiger partial charge in [-0.2, -0.15) is 0 Å². The Morgan fingerprint density at radius 1 is 1.33 bits per heavy atom. The zero-order chi connectivity index (χ0) is 15.6. The fourth-order valence-corrected chi connectivity index (χ4v) is 1.97. The molecule has 0 fully saturated rings. The van der Waals surface area contributed by atoms with E-state index in [0.717, 1.165) is 6.07 Å². The zero-order valence-corrected chi connectivity index (χ0v) is 11.7. The van der Waals surface area contributed by atoms with Crippen molar-refractivity contribution in [3.8, 4) is 11.5 Å². The predicted octanol–water partition coefficient (Wildman–Crippen LogP) is 4.23. The maximum atomic E-state index is 13.7. The number of hydrogen-bond acceptors (Lipinski definition) is 4. The average molecular weight is 312 g/mol. The maximum absolute atomic E-state index is 13.7. The molecule has 110 valence electrons. The van der Waals surface area contributed by atoms with Crippen LogP contribution in [0.3, 0.4) is 0 Å². The van der Waals surface area contributed by atoms with Crippen LogP contribution in [-0.4, -0.2) is 10.0 Å². The minimum Gasteiger partial charge on any atom is -0.455 e. The zero-order valence-electron chi connectivity index (χ0n) is 10.9. The summed E-state index contributed by atoms with van der Waals surface area (Å²) in [4.78, 5) is 10.2. The molecular weight excluding hydrogens is 301 g/mol. The van der Waals surface area contributed by atoms with Crippen LogP contribution in [0.5, 0.6) is 11.5 Å². The van der Waals surface area contributed by atoms with E-state index in [-0.39, 0.29) is 27.8 Å². The molecule has 0 radical (unpaired) electrons. The first-order chi connectivity index (χ1) is 9.90. The molecular formula is C14H11ClFNO4. The number of aliphatic hydroxyl groups is 1. The number of non-ortho nitro benzene ring substituents is 1. The number of nitro benzene ring substituents is 1. The number of halogens is 2. The van der Waals surface area contributed by atoms with Crippen LogP contribution in [0.2, 0.25) is 5.02 Å². The Hall–Kier alpha value is -2.18. The van der Waals surface area contributed by atoms with E-state index in [0.29, 0.717) is 0 Å². The maximum Gasteiger partial charge on any atom is 0.273 e. The second kappa shape index (κ2) is 6.07. The number of rotatable bonds is 4. The summed E-state index contributed by atoms with van der Waals surface area (Å²) in [6.07, 6.45) is -1.10. The van der Waals surface area contributed by atoms with E-state index < -0.39 is 16.8 Å². The second-order valence-corrected chi connectivity index (χ2v) is 4.71. The van der Waals surface area contributed by atoms with Crippen LogP contribution in [0.15, 0.2) is 36.4 Å². The highest BCUT2D eigenvalue weighted by atomic mass is 35.5. The average Bonchev–Trinajstić information content (AvgIpc) is 2.40. The summed E-state index contributed by atoms with van der Waals surface area (Å²) < 4.78 is 19.2. The molecule has 1 N–H and O–H groups in total. The van der Waals surface area contributed by atoms with E-state index in [9.17, 15) is 19.6 Å². The van der Waals surface area contributed by atoms with E-state index >= 15 is 0 Å². The summed E-state index contributed by atoms with van der Waals surface area (Å²) in [7, 11) is 0. The lowest BCUT2D eigenvalue weighted by Gasteiger charge is -2.14. The first-order valence-electron chi connectivity index (χ1n) is 5.98. The number of ether oxygens (including phenoxy) is 1. The van der Waals surface area contributed by atoms with E-state index in [1.165, 1.54) is 37.3 Å². The molecule has 5 nitrogen and oxygen atoms in total. The van der Waals surface area contributed by atoms with Crippen LogP contribution in [0.4, 0.5) is 10.1 Å². The summed E-state index contributed by atoms with van der Waals surface area (Å²) in [6.45, 7) is 1.39. The highest BCUT2D eigenvalue weighted by Crippen LogP contribution is 2.36. The highest BCUT2D eigenvalue weighted by molar-refractivity contribution is 6.32. The van der Waals surface area contributed by atoms with Crippen molar-refractivity contribution in [1.29, 1.82) is 0 Å². The van der Waals surface area contributed by atoms with E-state index in [1.54, 1.807) is 0 Å². The molecule has 0 spiro atoms. The van der Waals surface area contributed by atoms with Crippen LogP contribution in [-0.2, 0) is 0 Å². The van der Waals surface area contributed by atoms with Gasteiger partial charge in [0, 0.05) is 6.07 Å². The summed E-state index contributed by atoms with van der Waals surface area (Å²) in [5.74, 6) is -0.574. The molecule has 0 heterocycles. The predicted molar refractivity (Wildman–Crippen MR) is 75.2 cm³/mol. The molecule has 21 heavy (non-hydrogen) atoms. The summed E-state index contributed by atoms with van der Waals surface area (Å²) in [6, 6.07) is 7.72. The first-order valence-corrected chi connectivity index (χ1v) is 6.36. The molecule has 0 unspecified atom stereocenters. The van der Waals surface area contributed by atoms with Gasteiger partial charge in [-0.3, -0.25) is 10.1 Å². The van der Waals surface area contributed by atoms with Crippen LogP contribution in [0.1, 0.15) is 18.6 Å². The topological polar surface area (TPSA) is 72.6 Å². The van der Waals surface area contributed by atoms with E-state index in [4.69, 9.17) is 16.3 Å². The number of aliphatic hydroxyl groups excluding tert-OH is 1. The van der Waals surface area contributed by atoms with Crippen molar-refractivity contribution in [1.82, 2.24) is 0 Å². The molecule has 7 heteroatoms. The Bertz CT molecular complexity index is 691. The third-order valence-electron chi connectivity index (χ3n) is 2.78. The van der Waals surface area contributed by atoms with Gasteiger partial charge in [-0.05, 0) is 25.1 Å². The molecule has 0 aliphatic heterocycles. The molecule has 0 saturated carbocycles. The SMILES string of the molecule is C[C@H](O)c1c(F)cccc1Oc1cc([N+](=O)[O-])ccc1Cl. The molecule has 2 rings (SSSR count). The number of benzene rings is 2. The highest BCUT2D eigenvalue weighted by Gasteiger charge is 2.17. The van der Waals surface area contributed by atoms with Gasteiger partial charge in [-0.15, -0.1) is 0 Å². The Morgan fingerprint density at radius 3 is 2.67 bits per heavy atom. The lowest BCUT2D eigenvalue weighted by atomic mass is 10.1. The smallest absolute Gasteiger partial charge is 0.273 e. The molecule has 0 saturated heterocycles. The van der Waals surface area contributed by atoms with Gasteiger partial charge >= 0.3 is 0 Å². The third-order valence-corrected chi connectivity index (χ3v) is 3.09. The minimum atomic E-state index is -1.10. The van der Waals surface area contributed by atoms with E-state index in [1.807, 2.05) is 0 Å². The minimum absolute atomic E-state index is 0.0124. The fourth-order valence-electron chi connectivity index (χ4n) is 1.81. The van der Waals surface area contributed by atoms with Gasteiger partial charge in [-0.25, -0.2) is 4.39 Å². The Kier molecular flexibility index (Phi) is 4.40. The molecule has 0 amide bonds. The number of nitrogens with zero attached hydrogens (tertiary/aromatic N) is 1. The lowest BCUT2D eigenvalue weighted by Crippen LogP contribution is -2.00. The monoisotopic (exact) mass is 311 g/mol. The van der Waals surface area contributed by atoms with Crippen molar-refractivity contribution in [2.75, 3.05) is 0 Å². The Balaban J connectivity index is 2.45. The van der Waals surface area contributed by atoms with Gasteiger partial charge in [0.25, 0.3) is 5.69 Å². The number of nitro groups is 1. The Labute approximate surface area is 124 Å². The fraction of sp³-hybridized carbons (Fsp3) is 0.143. The van der Waals surface area contributed by atoms with Gasteiger partial charge in [0.15, 0.2) is 5.75 Å². The summed E-state index contributed by atoms with van der Waals surface area (Å²) >= 11 is 5.92. The summed E-state index contributed by atoms with van der Waals surface area (Å²) in [5, 5.41) is 20.5. The molecule has 1 atom stereocenters. The molecule has 0 aromatic heterocycles. The van der Waals surface area contributed by atoms with Crippen LogP contribution < -0.4 is 4.74 Å². The molecule has 2 aromatic carbocycles. The van der Waals surface area contributed by atoms with Crippen LogP contribution in [0, 0.1) is 15.9 Å². The van der Waals surface area contributed by atoms with Crippen LogP contribution >= 0.6 is 11.6 Å². The first kappa shape index (κ1) is 15.2. The molecule has 0 bridgehead atoms. The third kappa shape index (κ3) is 3.29. The van der Waals surface area contributed by atoms with Gasteiger partial charge in [-0.1, -0.05) is 17.7 Å². The van der Waals surface area contributed by atoms with Gasteiger partial charge in [0.2, 0.25) is 0 Å². The van der Waals surface area contributed by atoms with Crippen molar-refractivity contribution in [2.24, 2.45) is 0 Å². The van der Waals surface area contributed by atoms with E-state index in [2.05, 4.69) is 0 Å². The molecule has 0 aliphatic carbocycles. The molecule has 2 aromatic rings. The normalized spacial score (nSPS) is 12.0. The van der Waals surface area contributed by atoms with Gasteiger partial charge in [0.1, 0.15) is 11.6 Å². The largest absolute Gasteiger partial charge is 0.455 e. The van der Waals surface area contributed by atoms with Gasteiger partial charge in [0.05, 0.1) is 27.7 Å². The summed E-state index contributed by atoms with van der Waals surface area (Å²) in [5.41, 5.74) is -0.246. The second-order valence-electron chi connectivity index (χ2n) is 4.30. The van der Waals surface area contributed by atoms with Crippen LogP contribution in [0.25, 0.3) is 0 Å². The quantitative estimate of drug-likeness (QED) is 0.677. The standard InChI is InChI=1S/C14H11ClFNO4/c1-8(18)14-11(16)3-2-4-12(14)21-13-7-9(17(19)20)5-6-10(13)15/h2-8,18H,1H3/t8-/m0/s1. The van der Waals surface area contributed by atoms with Crippen molar-refractivity contribution in [2.45, 2.75) is 13.0 Å². The van der Waals surface area contributed by atoms with Crippen molar-refractivity contribution < 1.29 is 19.2 Å². The molecule has 0 aliphatic rings. The van der Waals surface area contributed by atoms with Gasteiger partial charge < -0.3 is 9.84 Å². The number of hydrogen-bond donors (Lipinski definition) is 1. The lowest BCUT2D eigenvalue weighted by molar-refractivity contribution is -0.384. The van der Waals surface area contributed by atoms with Crippen molar-refractivity contribution >= 4 is 17.3 Å².